The summed E-state index contributed by atoms with van der Waals surface area (Å²) in [7, 11) is -2.15. The number of benzene rings is 3. The average Bonchev–Trinajstić information content (AvgIpc) is 3.70. The summed E-state index contributed by atoms with van der Waals surface area (Å²) < 4.78 is 27.9. The third-order valence-corrected chi connectivity index (χ3v) is 9.88. The molecule has 6 aromatic rings. The summed E-state index contributed by atoms with van der Waals surface area (Å²) in [4.78, 5) is 20.9. The van der Waals surface area contributed by atoms with Gasteiger partial charge in [-0.25, -0.2) is 13.4 Å². The molecule has 3 aromatic carbocycles. The molecule has 0 bridgehead atoms. The molecule has 10 heteroatoms. The Labute approximate surface area is 247 Å². The number of amides is 1. The van der Waals surface area contributed by atoms with Gasteiger partial charge in [0, 0.05) is 64.8 Å². The van der Waals surface area contributed by atoms with Gasteiger partial charge in [0.2, 0.25) is 0 Å². The van der Waals surface area contributed by atoms with Crippen LogP contribution in [0.2, 0.25) is 0 Å². The van der Waals surface area contributed by atoms with Crippen LogP contribution in [0.3, 0.4) is 0 Å². The first kappa shape index (κ1) is 27.6. The standard InChI is InChI=1S/C32H28N4O4S2/c1-36(42(39,40)25-14-17-41-20-25)24-12-13-28-26(18-24)30-29(22-6-3-2-4-7-22)27(19-34-31(30)35-28)21-8-10-23(11-9-21)32(38)33-15-5-16-37/h2-4,6-14,17-20,37H,5,15-16H2,1H3,(H,33,38)(H,34,35). The van der Waals surface area contributed by atoms with Crippen LogP contribution in [0, 0.1) is 0 Å². The molecule has 0 aliphatic heterocycles. The molecule has 42 heavy (non-hydrogen) atoms. The van der Waals surface area contributed by atoms with Gasteiger partial charge in [0.25, 0.3) is 15.9 Å². The number of sulfonamides is 1. The van der Waals surface area contributed by atoms with E-state index in [1.165, 1.54) is 15.6 Å². The summed E-state index contributed by atoms with van der Waals surface area (Å²) in [5.74, 6) is -0.197. The molecule has 0 aliphatic rings. The molecular weight excluding hydrogens is 569 g/mol. The largest absolute Gasteiger partial charge is 0.396 e. The molecule has 0 spiro atoms. The molecule has 0 fully saturated rings. The lowest BCUT2D eigenvalue weighted by Gasteiger charge is -2.19. The zero-order valence-corrected chi connectivity index (χ0v) is 24.4. The maximum Gasteiger partial charge on any atom is 0.264 e. The topological polar surface area (TPSA) is 115 Å². The first-order valence-corrected chi connectivity index (χ1v) is 15.8. The minimum Gasteiger partial charge on any atom is -0.396 e. The highest BCUT2D eigenvalue weighted by molar-refractivity contribution is 7.93. The van der Waals surface area contributed by atoms with Crippen molar-refractivity contribution in [3.8, 4) is 22.3 Å². The van der Waals surface area contributed by atoms with Crippen LogP contribution in [-0.2, 0) is 10.0 Å². The fraction of sp³-hybridized carbons (Fsp3) is 0.125. The first-order chi connectivity index (χ1) is 20.4. The maximum absolute atomic E-state index is 13.3. The summed E-state index contributed by atoms with van der Waals surface area (Å²) in [5, 5.41) is 16.9. The van der Waals surface area contributed by atoms with Crippen molar-refractivity contribution in [3.05, 3.63) is 101 Å². The van der Waals surface area contributed by atoms with E-state index in [0.717, 1.165) is 38.5 Å². The van der Waals surface area contributed by atoms with Crippen LogP contribution in [0.5, 0.6) is 0 Å². The molecule has 6 rings (SSSR count). The second kappa shape index (κ2) is 11.4. The smallest absolute Gasteiger partial charge is 0.264 e. The predicted octanol–water partition coefficient (Wildman–Crippen LogP) is 6.05. The van der Waals surface area contributed by atoms with Crippen molar-refractivity contribution in [1.82, 2.24) is 15.3 Å². The van der Waals surface area contributed by atoms with Crippen molar-refractivity contribution in [1.29, 1.82) is 0 Å². The van der Waals surface area contributed by atoms with E-state index in [2.05, 4.69) is 10.3 Å². The van der Waals surface area contributed by atoms with Crippen molar-refractivity contribution in [3.63, 3.8) is 0 Å². The van der Waals surface area contributed by atoms with E-state index < -0.39 is 10.0 Å². The summed E-state index contributed by atoms with van der Waals surface area (Å²) in [5.41, 5.74) is 6.29. The molecule has 1 amide bonds. The SMILES string of the molecule is CN(c1ccc2[nH]c3ncc(-c4ccc(C(=O)NCCCO)cc4)c(-c4ccccc4)c3c2c1)S(=O)(=O)c1ccsc1. The Morgan fingerprint density at radius 3 is 2.52 bits per heavy atom. The predicted molar refractivity (Wildman–Crippen MR) is 168 cm³/mol. The van der Waals surface area contributed by atoms with Gasteiger partial charge in [-0.1, -0.05) is 42.5 Å². The van der Waals surface area contributed by atoms with Crippen molar-refractivity contribution < 1.29 is 18.3 Å². The van der Waals surface area contributed by atoms with Gasteiger partial charge in [-0.15, -0.1) is 0 Å². The number of fused-ring (bicyclic) bond motifs is 3. The fourth-order valence-corrected chi connectivity index (χ4v) is 7.25. The van der Waals surface area contributed by atoms with Gasteiger partial charge in [0.1, 0.15) is 5.65 Å². The number of aliphatic hydroxyl groups is 1. The molecule has 8 nitrogen and oxygen atoms in total. The van der Waals surface area contributed by atoms with E-state index in [9.17, 15) is 13.2 Å². The van der Waals surface area contributed by atoms with E-state index in [0.29, 0.717) is 29.9 Å². The molecule has 3 aromatic heterocycles. The lowest BCUT2D eigenvalue weighted by molar-refractivity contribution is 0.0951. The van der Waals surface area contributed by atoms with Crippen LogP contribution in [0.4, 0.5) is 5.69 Å². The van der Waals surface area contributed by atoms with Crippen molar-refractivity contribution in [2.24, 2.45) is 0 Å². The van der Waals surface area contributed by atoms with Crippen LogP contribution in [0.25, 0.3) is 44.2 Å². The number of hydrogen-bond acceptors (Lipinski definition) is 6. The van der Waals surface area contributed by atoms with Gasteiger partial charge in [-0.05, 0) is 59.3 Å². The Morgan fingerprint density at radius 1 is 1.02 bits per heavy atom. The van der Waals surface area contributed by atoms with E-state index in [1.54, 1.807) is 42.1 Å². The van der Waals surface area contributed by atoms with Gasteiger partial charge in [0.15, 0.2) is 0 Å². The van der Waals surface area contributed by atoms with Crippen LogP contribution < -0.4 is 9.62 Å². The Hall–Kier alpha value is -4.51. The number of H-pyrrole nitrogens is 1. The molecule has 0 aliphatic carbocycles. The molecule has 0 saturated carbocycles. The van der Waals surface area contributed by atoms with Gasteiger partial charge >= 0.3 is 0 Å². The highest BCUT2D eigenvalue weighted by Gasteiger charge is 2.23. The minimum absolute atomic E-state index is 0.0208. The van der Waals surface area contributed by atoms with Crippen LogP contribution in [0.1, 0.15) is 16.8 Å². The first-order valence-electron chi connectivity index (χ1n) is 13.4. The number of thiophene rings is 1. The fourth-order valence-electron chi connectivity index (χ4n) is 5.04. The van der Waals surface area contributed by atoms with Gasteiger partial charge in [0.05, 0.1) is 10.6 Å². The minimum atomic E-state index is -3.71. The van der Waals surface area contributed by atoms with Crippen LogP contribution in [0.15, 0.2) is 101 Å². The average molecular weight is 597 g/mol. The second-order valence-electron chi connectivity index (χ2n) is 9.83. The third-order valence-electron chi connectivity index (χ3n) is 7.26. The Morgan fingerprint density at radius 2 is 1.81 bits per heavy atom. The number of nitrogens with one attached hydrogen (secondary N) is 2. The van der Waals surface area contributed by atoms with E-state index in [4.69, 9.17) is 10.1 Å². The Bertz CT molecular complexity index is 1990. The third kappa shape index (κ3) is 5.04. The Kier molecular flexibility index (Phi) is 7.51. The number of aromatic nitrogens is 2. The molecule has 0 atom stereocenters. The summed E-state index contributed by atoms with van der Waals surface area (Å²) in [6.07, 6.45) is 2.32. The van der Waals surface area contributed by atoms with E-state index in [1.807, 2.05) is 60.8 Å². The number of pyridine rings is 1. The highest BCUT2D eigenvalue weighted by Crippen LogP contribution is 2.41. The normalized spacial score (nSPS) is 11.7. The number of nitrogens with zero attached hydrogens (tertiary/aromatic N) is 2. The van der Waals surface area contributed by atoms with Crippen molar-refractivity contribution >= 4 is 54.9 Å². The van der Waals surface area contributed by atoms with Crippen LogP contribution >= 0.6 is 11.3 Å². The monoisotopic (exact) mass is 596 g/mol. The molecule has 0 unspecified atom stereocenters. The summed E-state index contributed by atoms with van der Waals surface area (Å²) in [6, 6.07) is 24.5. The highest BCUT2D eigenvalue weighted by atomic mass is 32.2. The summed E-state index contributed by atoms with van der Waals surface area (Å²) >= 11 is 1.34. The van der Waals surface area contributed by atoms with Crippen molar-refractivity contribution in [2.75, 3.05) is 24.5 Å². The maximum atomic E-state index is 13.3. The van der Waals surface area contributed by atoms with Gasteiger partial charge < -0.3 is 15.4 Å². The number of aliphatic hydroxyl groups excluding tert-OH is 1. The van der Waals surface area contributed by atoms with Gasteiger partial charge in [-0.2, -0.15) is 11.3 Å². The quantitative estimate of drug-likeness (QED) is 0.176. The number of carbonyl (C=O) groups excluding carboxylic acids is 1. The second-order valence-corrected chi connectivity index (χ2v) is 12.6. The number of aromatic amines is 1. The molecule has 0 saturated heterocycles. The molecule has 0 radical (unpaired) electrons. The molecule has 3 N–H and O–H groups in total. The zero-order chi connectivity index (χ0) is 29.3. The lowest BCUT2D eigenvalue weighted by Crippen LogP contribution is -2.26. The van der Waals surface area contributed by atoms with E-state index >= 15 is 0 Å². The van der Waals surface area contributed by atoms with Gasteiger partial charge in [-0.3, -0.25) is 9.10 Å². The van der Waals surface area contributed by atoms with E-state index in [-0.39, 0.29) is 17.4 Å². The number of rotatable bonds is 9. The van der Waals surface area contributed by atoms with Crippen LogP contribution in [-0.4, -0.2) is 49.6 Å². The molecule has 3 heterocycles. The lowest BCUT2D eigenvalue weighted by atomic mass is 9.92. The summed E-state index contributed by atoms with van der Waals surface area (Å²) in [6.45, 7) is 0.426. The number of anilines is 1. The zero-order valence-electron chi connectivity index (χ0n) is 22.7. The van der Waals surface area contributed by atoms with Crippen molar-refractivity contribution in [2.45, 2.75) is 11.3 Å². The number of hydrogen-bond donors (Lipinski definition) is 3. The Balaban J connectivity index is 1.50. The number of carbonyl (C=O) groups is 1. The molecular formula is C32H28N4O4S2. The molecule has 212 valence electrons.